The zero-order chi connectivity index (χ0) is 14.8. The zero-order valence-electron chi connectivity index (χ0n) is 12.3. The number of likely N-dealkylation sites (tertiary alicyclic amines) is 1. The maximum absolute atomic E-state index is 11.4. The van der Waals surface area contributed by atoms with Crippen LogP contribution in [-0.2, 0) is 6.54 Å². The van der Waals surface area contributed by atoms with Crippen molar-refractivity contribution < 1.29 is 14.3 Å². The lowest BCUT2D eigenvalue weighted by atomic mass is 10.0. The predicted octanol–water partition coefficient (Wildman–Crippen LogP) is 3.75. The molecule has 1 aromatic carbocycles. The predicted molar refractivity (Wildman–Crippen MR) is 81.5 cm³/mol. The number of carboxylic acid groups (broad SMARTS) is 1. The van der Waals surface area contributed by atoms with Crippen LogP contribution < -0.4 is 0 Å². The van der Waals surface area contributed by atoms with E-state index in [1.807, 2.05) is 24.3 Å². The Hall–Kier alpha value is -1.81. The number of furan rings is 1. The average molecular weight is 287 g/mol. The van der Waals surface area contributed by atoms with Gasteiger partial charge in [0.25, 0.3) is 0 Å². The second-order valence-corrected chi connectivity index (χ2v) is 6.02. The van der Waals surface area contributed by atoms with Crippen molar-refractivity contribution in [3.8, 4) is 0 Å². The van der Waals surface area contributed by atoms with Gasteiger partial charge in [-0.15, -0.1) is 0 Å². The van der Waals surface area contributed by atoms with E-state index in [4.69, 9.17) is 4.42 Å². The molecule has 4 nitrogen and oxygen atoms in total. The summed E-state index contributed by atoms with van der Waals surface area (Å²) in [5.74, 6) is -0.132. The number of fused-ring (bicyclic) bond motifs is 1. The Morgan fingerprint density at radius 3 is 2.95 bits per heavy atom. The molecule has 3 rings (SSSR count). The molecule has 1 fully saturated rings. The van der Waals surface area contributed by atoms with Crippen molar-refractivity contribution in [1.29, 1.82) is 0 Å². The minimum atomic E-state index is -0.982. The number of para-hydroxylation sites is 1. The quantitative estimate of drug-likeness (QED) is 0.934. The van der Waals surface area contributed by atoms with Gasteiger partial charge in [0.2, 0.25) is 5.76 Å². The first kappa shape index (κ1) is 14.1. The smallest absolute Gasteiger partial charge is 0.372 e. The molecule has 21 heavy (non-hydrogen) atoms. The molecule has 4 heteroatoms. The minimum absolute atomic E-state index is 0.0912. The maximum Gasteiger partial charge on any atom is 0.372 e. The van der Waals surface area contributed by atoms with Gasteiger partial charge in [-0.05, 0) is 44.3 Å². The molecule has 0 spiro atoms. The van der Waals surface area contributed by atoms with Crippen LogP contribution in [0.2, 0.25) is 0 Å². The number of carbonyl (C=O) groups is 1. The van der Waals surface area contributed by atoms with Gasteiger partial charge in [0, 0.05) is 17.5 Å². The summed E-state index contributed by atoms with van der Waals surface area (Å²) in [7, 11) is 0. The van der Waals surface area contributed by atoms with Crippen LogP contribution in [0.15, 0.2) is 28.7 Å². The van der Waals surface area contributed by atoms with E-state index >= 15 is 0 Å². The molecular formula is C17H21NO3. The molecule has 1 aliphatic heterocycles. The normalized spacial score (nSPS) is 20.5. The van der Waals surface area contributed by atoms with Crippen LogP contribution in [0, 0.1) is 5.92 Å². The summed E-state index contributed by atoms with van der Waals surface area (Å²) in [6.07, 6.45) is 3.62. The number of hydrogen-bond donors (Lipinski definition) is 1. The summed E-state index contributed by atoms with van der Waals surface area (Å²) in [6, 6.07) is 7.57. The first-order chi connectivity index (χ1) is 10.1. The van der Waals surface area contributed by atoms with Crippen LogP contribution in [0.5, 0.6) is 0 Å². The largest absolute Gasteiger partial charge is 0.475 e. The summed E-state index contributed by atoms with van der Waals surface area (Å²) in [5, 5.41) is 10.3. The number of aromatic carboxylic acids is 1. The molecular weight excluding hydrogens is 266 g/mol. The van der Waals surface area contributed by atoms with Crippen molar-refractivity contribution in [3.05, 3.63) is 35.6 Å². The van der Waals surface area contributed by atoms with E-state index in [1.54, 1.807) is 0 Å². The van der Waals surface area contributed by atoms with Gasteiger partial charge >= 0.3 is 5.97 Å². The number of carboxylic acids is 1. The molecule has 1 aromatic heterocycles. The highest BCUT2D eigenvalue weighted by molar-refractivity contribution is 5.95. The van der Waals surface area contributed by atoms with E-state index in [2.05, 4.69) is 11.8 Å². The number of benzene rings is 1. The zero-order valence-corrected chi connectivity index (χ0v) is 12.3. The van der Waals surface area contributed by atoms with Gasteiger partial charge < -0.3 is 9.52 Å². The summed E-state index contributed by atoms with van der Waals surface area (Å²) in [6.45, 7) is 5.01. The Bertz CT molecular complexity index is 647. The van der Waals surface area contributed by atoms with Crippen molar-refractivity contribution in [2.45, 2.75) is 32.7 Å². The first-order valence-corrected chi connectivity index (χ1v) is 7.61. The Balaban J connectivity index is 1.91. The molecule has 0 amide bonds. The van der Waals surface area contributed by atoms with E-state index in [9.17, 15) is 9.90 Å². The van der Waals surface area contributed by atoms with E-state index in [0.717, 1.165) is 30.0 Å². The van der Waals surface area contributed by atoms with Crippen molar-refractivity contribution in [2.75, 3.05) is 13.1 Å². The molecule has 1 N–H and O–H groups in total. The Kier molecular flexibility index (Phi) is 3.97. The van der Waals surface area contributed by atoms with Gasteiger partial charge in [-0.25, -0.2) is 4.79 Å². The highest BCUT2D eigenvalue weighted by Gasteiger charge is 2.22. The Morgan fingerprint density at radius 1 is 1.33 bits per heavy atom. The standard InChI is InChI=1S/C17H21NO3/c1-12-5-4-9-18(10-8-12)11-14-13-6-2-3-7-15(13)21-16(14)17(19)20/h2-3,6-7,12H,4-5,8-11H2,1H3,(H,19,20). The Labute approximate surface area is 124 Å². The lowest BCUT2D eigenvalue weighted by Gasteiger charge is -2.19. The third-order valence-electron chi connectivity index (χ3n) is 4.38. The molecule has 0 radical (unpaired) electrons. The summed E-state index contributed by atoms with van der Waals surface area (Å²) < 4.78 is 5.53. The minimum Gasteiger partial charge on any atom is -0.475 e. The van der Waals surface area contributed by atoms with E-state index in [0.29, 0.717) is 12.1 Å². The van der Waals surface area contributed by atoms with Gasteiger partial charge in [0.1, 0.15) is 5.58 Å². The molecule has 1 unspecified atom stereocenters. The molecule has 2 heterocycles. The van der Waals surface area contributed by atoms with Gasteiger partial charge in [-0.2, -0.15) is 0 Å². The Morgan fingerprint density at radius 2 is 2.14 bits per heavy atom. The van der Waals surface area contributed by atoms with Crippen LogP contribution in [0.4, 0.5) is 0 Å². The highest BCUT2D eigenvalue weighted by atomic mass is 16.4. The molecule has 0 aliphatic carbocycles. The second-order valence-electron chi connectivity index (χ2n) is 6.02. The lowest BCUT2D eigenvalue weighted by Crippen LogP contribution is -2.25. The third-order valence-corrected chi connectivity index (χ3v) is 4.38. The highest BCUT2D eigenvalue weighted by Crippen LogP contribution is 2.28. The van der Waals surface area contributed by atoms with Crippen LogP contribution >= 0.6 is 0 Å². The fourth-order valence-electron chi connectivity index (χ4n) is 3.13. The fourth-order valence-corrected chi connectivity index (χ4v) is 3.13. The maximum atomic E-state index is 11.4. The van der Waals surface area contributed by atoms with Crippen LogP contribution in [0.25, 0.3) is 11.0 Å². The third kappa shape index (κ3) is 2.95. The topological polar surface area (TPSA) is 53.7 Å². The molecule has 0 bridgehead atoms. The first-order valence-electron chi connectivity index (χ1n) is 7.61. The number of rotatable bonds is 3. The van der Waals surface area contributed by atoms with Crippen LogP contribution in [0.3, 0.4) is 0 Å². The van der Waals surface area contributed by atoms with Crippen LogP contribution in [0.1, 0.15) is 42.3 Å². The molecule has 1 aliphatic rings. The summed E-state index contributed by atoms with van der Waals surface area (Å²) in [5.41, 5.74) is 1.47. The van der Waals surface area contributed by atoms with E-state index < -0.39 is 5.97 Å². The van der Waals surface area contributed by atoms with Crippen molar-refractivity contribution in [2.24, 2.45) is 5.92 Å². The summed E-state index contributed by atoms with van der Waals surface area (Å²) in [4.78, 5) is 13.8. The molecule has 0 saturated carbocycles. The van der Waals surface area contributed by atoms with E-state index in [-0.39, 0.29) is 5.76 Å². The fraction of sp³-hybridized carbons (Fsp3) is 0.471. The SMILES string of the molecule is CC1CCCN(Cc2c(C(=O)O)oc3ccccc23)CC1. The van der Waals surface area contributed by atoms with Crippen molar-refractivity contribution >= 4 is 16.9 Å². The van der Waals surface area contributed by atoms with E-state index in [1.165, 1.54) is 19.3 Å². The van der Waals surface area contributed by atoms with Gasteiger partial charge in [0.15, 0.2) is 0 Å². The van der Waals surface area contributed by atoms with Gasteiger partial charge in [-0.3, -0.25) is 4.90 Å². The molecule has 2 aromatic rings. The van der Waals surface area contributed by atoms with Gasteiger partial charge in [0.05, 0.1) is 0 Å². The number of hydrogen-bond acceptors (Lipinski definition) is 3. The summed E-state index contributed by atoms with van der Waals surface area (Å²) >= 11 is 0. The number of nitrogens with zero attached hydrogens (tertiary/aromatic N) is 1. The van der Waals surface area contributed by atoms with Crippen molar-refractivity contribution in [3.63, 3.8) is 0 Å². The van der Waals surface area contributed by atoms with Crippen LogP contribution in [-0.4, -0.2) is 29.1 Å². The monoisotopic (exact) mass is 287 g/mol. The molecule has 1 atom stereocenters. The molecule has 1 saturated heterocycles. The van der Waals surface area contributed by atoms with Gasteiger partial charge in [-0.1, -0.05) is 25.1 Å². The van der Waals surface area contributed by atoms with Crippen molar-refractivity contribution in [1.82, 2.24) is 4.90 Å². The second kappa shape index (κ2) is 5.90. The lowest BCUT2D eigenvalue weighted by molar-refractivity contribution is 0.0661. The average Bonchev–Trinajstić information content (AvgIpc) is 2.70. The molecule has 112 valence electrons.